The third-order valence-corrected chi connectivity index (χ3v) is 2.97. The van der Waals surface area contributed by atoms with Crippen molar-refractivity contribution in [3.8, 4) is 5.75 Å². The molecule has 17 heavy (non-hydrogen) atoms. The number of ether oxygens (including phenoxy) is 1. The van der Waals surface area contributed by atoms with E-state index in [2.05, 4.69) is 9.97 Å². The predicted octanol–water partition coefficient (Wildman–Crippen LogP) is 3.45. The standard InChI is InChI=1S/C13H9ClN2O/c1-17-9-2-3-11-8(6-9)7-12-13(16-11)10(14)4-5-15-12/h2-7H,1H3. The average Bonchev–Trinajstić information content (AvgIpc) is 2.36. The number of rotatable bonds is 1. The number of fused-ring (bicyclic) bond motifs is 2. The fraction of sp³-hybridized carbons (Fsp3) is 0.0769. The Bertz CT molecular complexity index is 712. The second-order valence-corrected chi connectivity index (χ2v) is 4.11. The van der Waals surface area contributed by atoms with E-state index >= 15 is 0 Å². The summed E-state index contributed by atoms with van der Waals surface area (Å²) in [7, 11) is 1.64. The van der Waals surface area contributed by atoms with Gasteiger partial charge in [-0.25, -0.2) is 4.98 Å². The first-order valence-electron chi connectivity index (χ1n) is 5.17. The first-order valence-corrected chi connectivity index (χ1v) is 5.55. The summed E-state index contributed by atoms with van der Waals surface area (Å²) in [4.78, 5) is 8.76. The molecule has 4 heteroatoms. The Labute approximate surface area is 103 Å². The summed E-state index contributed by atoms with van der Waals surface area (Å²) in [6.45, 7) is 0. The van der Waals surface area contributed by atoms with E-state index in [1.807, 2.05) is 24.3 Å². The molecule has 0 spiro atoms. The lowest BCUT2D eigenvalue weighted by atomic mass is 10.2. The summed E-state index contributed by atoms with van der Waals surface area (Å²) >= 11 is 6.09. The van der Waals surface area contributed by atoms with Crippen LogP contribution >= 0.6 is 11.6 Å². The van der Waals surface area contributed by atoms with Crippen LogP contribution in [0, 0.1) is 0 Å². The topological polar surface area (TPSA) is 35.0 Å². The average molecular weight is 245 g/mol. The molecule has 0 aliphatic heterocycles. The fourth-order valence-corrected chi connectivity index (χ4v) is 2.00. The van der Waals surface area contributed by atoms with Crippen molar-refractivity contribution >= 4 is 33.5 Å². The molecule has 0 atom stereocenters. The van der Waals surface area contributed by atoms with Gasteiger partial charge in [0, 0.05) is 11.6 Å². The Hall–Kier alpha value is -1.87. The lowest BCUT2D eigenvalue weighted by molar-refractivity contribution is 0.415. The minimum atomic E-state index is 0.618. The van der Waals surface area contributed by atoms with Crippen LogP contribution in [0.5, 0.6) is 5.75 Å². The number of methoxy groups -OCH3 is 1. The number of halogens is 1. The molecule has 3 nitrogen and oxygen atoms in total. The molecule has 0 radical (unpaired) electrons. The minimum Gasteiger partial charge on any atom is -0.497 e. The molecule has 0 saturated heterocycles. The zero-order valence-corrected chi connectivity index (χ0v) is 9.90. The molecule has 0 unspecified atom stereocenters. The first kappa shape index (κ1) is 10.3. The fourth-order valence-electron chi connectivity index (χ4n) is 1.81. The van der Waals surface area contributed by atoms with Crippen molar-refractivity contribution in [2.45, 2.75) is 0 Å². The molecule has 2 aromatic heterocycles. The number of benzene rings is 1. The quantitative estimate of drug-likeness (QED) is 0.615. The highest BCUT2D eigenvalue weighted by Gasteiger charge is 2.04. The first-order chi connectivity index (χ1) is 8.28. The molecule has 2 heterocycles. The molecule has 84 valence electrons. The van der Waals surface area contributed by atoms with Gasteiger partial charge in [0.1, 0.15) is 11.3 Å². The van der Waals surface area contributed by atoms with Crippen molar-refractivity contribution in [2.75, 3.05) is 7.11 Å². The van der Waals surface area contributed by atoms with Gasteiger partial charge in [0.25, 0.3) is 0 Å². The predicted molar refractivity (Wildman–Crippen MR) is 68.6 cm³/mol. The molecule has 1 aromatic carbocycles. The van der Waals surface area contributed by atoms with Gasteiger partial charge in [0.15, 0.2) is 0 Å². The summed E-state index contributed by atoms with van der Waals surface area (Å²) < 4.78 is 5.18. The lowest BCUT2D eigenvalue weighted by Gasteiger charge is -2.04. The zero-order chi connectivity index (χ0) is 11.8. The van der Waals surface area contributed by atoms with E-state index in [-0.39, 0.29) is 0 Å². The Morgan fingerprint density at radius 2 is 2.00 bits per heavy atom. The molecule has 0 aliphatic carbocycles. The molecule has 0 saturated carbocycles. The SMILES string of the molecule is COc1ccc2nc3c(Cl)ccnc3cc2c1. The Kier molecular flexibility index (Phi) is 2.34. The van der Waals surface area contributed by atoms with Gasteiger partial charge in [-0.15, -0.1) is 0 Å². The molecule has 0 fully saturated rings. The maximum atomic E-state index is 6.09. The molecule has 0 bridgehead atoms. The van der Waals surface area contributed by atoms with Crippen LogP contribution in [0.2, 0.25) is 5.02 Å². The van der Waals surface area contributed by atoms with Gasteiger partial charge >= 0.3 is 0 Å². The van der Waals surface area contributed by atoms with Gasteiger partial charge in [-0.3, -0.25) is 4.98 Å². The van der Waals surface area contributed by atoms with Gasteiger partial charge in [-0.1, -0.05) is 11.6 Å². The summed E-state index contributed by atoms with van der Waals surface area (Å²) in [6, 6.07) is 9.44. The minimum absolute atomic E-state index is 0.618. The zero-order valence-electron chi connectivity index (χ0n) is 9.14. The van der Waals surface area contributed by atoms with Gasteiger partial charge < -0.3 is 4.74 Å². The molecule has 0 amide bonds. The highest BCUT2D eigenvalue weighted by molar-refractivity contribution is 6.35. The summed E-state index contributed by atoms with van der Waals surface area (Å²) in [5.41, 5.74) is 2.40. The third-order valence-electron chi connectivity index (χ3n) is 2.66. The van der Waals surface area contributed by atoms with Crippen molar-refractivity contribution in [1.29, 1.82) is 0 Å². The van der Waals surface area contributed by atoms with Crippen molar-refractivity contribution in [2.24, 2.45) is 0 Å². The normalized spacial score (nSPS) is 10.9. The number of pyridine rings is 2. The molecule has 3 rings (SSSR count). The van der Waals surface area contributed by atoms with Crippen LogP contribution in [0.25, 0.3) is 21.9 Å². The van der Waals surface area contributed by atoms with Crippen LogP contribution in [0.4, 0.5) is 0 Å². The molecular weight excluding hydrogens is 236 g/mol. The molecule has 3 aromatic rings. The van der Waals surface area contributed by atoms with E-state index in [1.165, 1.54) is 0 Å². The van der Waals surface area contributed by atoms with Gasteiger partial charge in [0.2, 0.25) is 0 Å². The Morgan fingerprint density at radius 3 is 2.82 bits per heavy atom. The van der Waals surface area contributed by atoms with Crippen molar-refractivity contribution in [3.63, 3.8) is 0 Å². The maximum Gasteiger partial charge on any atom is 0.119 e. The lowest BCUT2D eigenvalue weighted by Crippen LogP contribution is -1.87. The summed E-state index contributed by atoms with van der Waals surface area (Å²) in [6.07, 6.45) is 1.68. The smallest absolute Gasteiger partial charge is 0.119 e. The third kappa shape index (κ3) is 1.68. The number of nitrogens with zero attached hydrogens (tertiary/aromatic N) is 2. The number of hydrogen-bond donors (Lipinski definition) is 0. The van der Waals surface area contributed by atoms with Crippen molar-refractivity contribution < 1.29 is 4.74 Å². The number of hydrogen-bond acceptors (Lipinski definition) is 3. The second-order valence-electron chi connectivity index (χ2n) is 3.71. The van der Waals surface area contributed by atoms with Crippen LogP contribution in [0.1, 0.15) is 0 Å². The van der Waals surface area contributed by atoms with Gasteiger partial charge in [0.05, 0.1) is 23.2 Å². The highest BCUT2D eigenvalue weighted by Crippen LogP contribution is 2.25. The Morgan fingerprint density at radius 1 is 1.12 bits per heavy atom. The van der Waals surface area contributed by atoms with E-state index in [0.29, 0.717) is 5.02 Å². The van der Waals surface area contributed by atoms with E-state index in [0.717, 1.165) is 27.7 Å². The number of aromatic nitrogens is 2. The molecule has 0 N–H and O–H groups in total. The second kappa shape index (κ2) is 3.86. The van der Waals surface area contributed by atoms with Crippen LogP contribution in [-0.2, 0) is 0 Å². The highest BCUT2D eigenvalue weighted by atomic mass is 35.5. The van der Waals surface area contributed by atoms with Crippen LogP contribution in [0.3, 0.4) is 0 Å². The van der Waals surface area contributed by atoms with Crippen LogP contribution < -0.4 is 4.74 Å². The van der Waals surface area contributed by atoms with E-state index in [9.17, 15) is 0 Å². The maximum absolute atomic E-state index is 6.09. The van der Waals surface area contributed by atoms with Gasteiger partial charge in [-0.05, 0) is 30.3 Å². The van der Waals surface area contributed by atoms with Crippen LogP contribution in [-0.4, -0.2) is 17.1 Å². The van der Waals surface area contributed by atoms with Crippen LogP contribution in [0.15, 0.2) is 36.5 Å². The Balaban J connectivity index is 2.39. The largest absolute Gasteiger partial charge is 0.497 e. The molecular formula is C13H9ClN2O. The van der Waals surface area contributed by atoms with E-state index in [4.69, 9.17) is 16.3 Å². The van der Waals surface area contributed by atoms with Gasteiger partial charge in [-0.2, -0.15) is 0 Å². The van der Waals surface area contributed by atoms with E-state index in [1.54, 1.807) is 19.4 Å². The molecule has 0 aliphatic rings. The van der Waals surface area contributed by atoms with E-state index < -0.39 is 0 Å². The van der Waals surface area contributed by atoms with Crippen molar-refractivity contribution in [3.05, 3.63) is 41.6 Å². The summed E-state index contributed by atoms with van der Waals surface area (Å²) in [5, 5.41) is 1.61. The van der Waals surface area contributed by atoms with Crippen molar-refractivity contribution in [1.82, 2.24) is 9.97 Å². The summed E-state index contributed by atoms with van der Waals surface area (Å²) in [5.74, 6) is 0.806. The monoisotopic (exact) mass is 244 g/mol.